The first kappa shape index (κ1) is 11.0. The first-order valence-corrected chi connectivity index (χ1v) is 5.19. The lowest BCUT2D eigenvalue weighted by atomic mass is 10.2. The molecule has 1 aromatic heterocycles. The van der Waals surface area contributed by atoms with Crippen LogP contribution in [0.2, 0.25) is 0 Å². The van der Waals surface area contributed by atoms with E-state index in [1.165, 1.54) is 18.3 Å². The number of hydrogen-bond acceptors (Lipinski definition) is 3. The van der Waals surface area contributed by atoms with Gasteiger partial charge in [0.2, 0.25) is 5.95 Å². The molecule has 4 nitrogen and oxygen atoms in total. The summed E-state index contributed by atoms with van der Waals surface area (Å²) < 4.78 is 17.9. The van der Waals surface area contributed by atoms with Gasteiger partial charge in [-0.1, -0.05) is 0 Å². The Bertz CT molecular complexity index is 380. The minimum Gasteiger partial charge on any atom is -0.377 e. The first-order chi connectivity index (χ1) is 7.68. The molecule has 1 fully saturated rings. The number of nitrogens with zero attached hydrogens (tertiary/aromatic N) is 2. The number of rotatable bonds is 1. The Morgan fingerprint density at radius 2 is 2.44 bits per heavy atom. The number of amides is 1. The van der Waals surface area contributed by atoms with Crippen molar-refractivity contribution in [1.82, 2.24) is 9.88 Å². The maximum atomic E-state index is 12.6. The van der Waals surface area contributed by atoms with Crippen LogP contribution in [-0.2, 0) is 4.74 Å². The van der Waals surface area contributed by atoms with Gasteiger partial charge in [-0.3, -0.25) is 4.79 Å². The van der Waals surface area contributed by atoms with Crippen molar-refractivity contribution in [2.45, 2.75) is 13.0 Å². The van der Waals surface area contributed by atoms with Crippen LogP contribution < -0.4 is 0 Å². The smallest absolute Gasteiger partial charge is 0.255 e. The highest BCUT2D eigenvalue weighted by molar-refractivity contribution is 5.94. The Morgan fingerprint density at radius 3 is 3.06 bits per heavy atom. The van der Waals surface area contributed by atoms with Crippen LogP contribution >= 0.6 is 0 Å². The fourth-order valence-electron chi connectivity index (χ4n) is 1.70. The van der Waals surface area contributed by atoms with E-state index in [1.54, 1.807) is 4.90 Å². The van der Waals surface area contributed by atoms with E-state index in [0.717, 1.165) is 0 Å². The second kappa shape index (κ2) is 4.57. The molecule has 0 saturated carbocycles. The summed E-state index contributed by atoms with van der Waals surface area (Å²) in [5.41, 5.74) is 0.412. The van der Waals surface area contributed by atoms with Gasteiger partial charge in [-0.2, -0.15) is 4.39 Å². The van der Waals surface area contributed by atoms with Crippen LogP contribution in [0.25, 0.3) is 0 Å². The standard InChI is InChI=1S/C11H13FN2O2/c1-8-7-16-5-4-14(8)11(15)9-2-3-10(12)13-6-9/h2-3,6,8H,4-5,7H2,1H3. The molecule has 0 spiro atoms. The molecule has 0 bridgehead atoms. The molecule has 2 rings (SSSR count). The van der Waals surface area contributed by atoms with E-state index in [-0.39, 0.29) is 11.9 Å². The lowest BCUT2D eigenvalue weighted by molar-refractivity contribution is 0.00356. The molecule has 0 aliphatic carbocycles. The molecule has 0 aromatic carbocycles. The van der Waals surface area contributed by atoms with Gasteiger partial charge in [0, 0.05) is 12.7 Å². The van der Waals surface area contributed by atoms with Crippen molar-refractivity contribution in [3.8, 4) is 0 Å². The van der Waals surface area contributed by atoms with Crippen molar-refractivity contribution >= 4 is 5.91 Å². The first-order valence-electron chi connectivity index (χ1n) is 5.19. The molecule has 1 amide bonds. The lowest BCUT2D eigenvalue weighted by Gasteiger charge is -2.33. The zero-order valence-electron chi connectivity index (χ0n) is 9.02. The van der Waals surface area contributed by atoms with Crippen molar-refractivity contribution in [1.29, 1.82) is 0 Å². The zero-order chi connectivity index (χ0) is 11.5. The number of halogens is 1. The molecule has 2 heterocycles. The maximum absolute atomic E-state index is 12.6. The predicted molar refractivity (Wildman–Crippen MR) is 55.5 cm³/mol. The zero-order valence-corrected chi connectivity index (χ0v) is 9.02. The van der Waals surface area contributed by atoms with Crippen molar-refractivity contribution in [2.24, 2.45) is 0 Å². The average molecular weight is 224 g/mol. The topological polar surface area (TPSA) is 42.4 Å². The Balaban J connectivity index is 2.14. The monoisotopic (exact) mass is 224 g/mol. The molecule has 1 unspecified atom stereocenters. The highest BCUT2D eigenvalue weighted by atomic mass is 19.1. The molecule has 0 radical (unpaired) electrons. The van der Waals surface area contributed by atoms with Crippen molar-refractivity contribution in [3.63, 3.8) is 0 Å². The number of ether oxygens (including phenoxy) is 1. The third-order valence-electron chi connectivity index (χ3n) is 2.60. The van der Waals surface area contributed by atoms with Gasteiger partial charge in [0.1, 0.15) is 0 Å². The van der Waals surface area contributed by atoms with Crippen LogP contribution in [0.5, 0.6) is 0 Å². The van der Waals surface area contributed by atoms with Crippen LogP contribution in [0.3, 0.4) is 0 Å². The van der Waals surface area contributed by atoms with Gasteiger partial charge in [0.25, 0.3) is 5.91 Å². The third-order valence-corrected chi connectivity index (χ3v) is 2.60. The van der Waals surface area contributed by atoms with Crippen LogP contribution in [-0.4, -0.2) is 41.6 Å². The summed E-state index contributed by atoms with van der Waals surface area (Å²) in [5.74, 6) is -0.699. The largest absolute Gasteiger partial charge is 0.377 e. The summed E-state index contributed by atoms with van der Waals surface area (Å²) in [6.07, 6.45) is 1.26. The fourth-order valence-corrected chi connectivity index (χ4v) is 1.70. The van der Waals surface area contributed by atoms with Gasteiger partial charge in [-0.15, -0.1) is 0 Å². The number of carbonyl (C=O) groups is 1. The minimum atomic E-state index is -0.577. The van der Waals surface area contributed by atoms with E-state index >= 15 is 0 Å². The minimum absolute atomic E-state index is 0.0475. The second-order valence-electron chi connectivity index (χ2n) is 3.79. The summed E-state index contributed by atoms with van der Waals surface area (Å²) in [7, 11) is 0. The number of aromatic nitrogens is 1. The van der Waals surface area contributed by atoms with Crippen LogP contribution in [0, 0.1) is 5.95 Å². The summed E-state index contributed by atoms with van der Waals surface area (Å²) in [6.45, 7) is 3.58. The molecule has 5 heteroatoms. The number of carbonyl (C=O) groups excluding carboxylic acids is 1. The summed E-state index contributed by atoms with van der Waals surface area (Å²) in [6, 6.07) is 2.69. The normalized spacial score (nSPS) is 20.9. The van der Waals surface area contributed by atoms with E-state index in [2.05, 4.69) is 4.98 Å². The van der Waals surface area contributed by atoms with E-state index in [4.69, 9.17) is 4.74 Å². The molecule has 1 saturated heterocycles. The summed E-state index contributed by atoms with van der Waals surface area (Å²) in [4.78, 5) is 17.2. The molecular weight excluding hydrogens is 211 g/mol. The average Bonchev–Trinajstić information content (AvgIpc) is 2.30. The molecule has 1 aliphatic heterocycles. The lowest BCUT2D eigenvalue weighted by Crippen LogP contribution is -2.47. The van der Waals surface area contributed by atoms with Gasteiger partial charge in [-0.05, 0) is 19.1 Å². The Kier molecular flexibility index (Phi) is 3.14. The van der Waals surface area contributed by atoms with Gasteiger partial charge in [-0.25, -0.2) is 4.98 Å². The highest BCUT2D eigenvalue weighted by Crippen LogP contribution is 2.11. The van der Waals surface area contributed by atoms with E-state index < -0.39 is 5.95 Å². The number of morpholine rings is 1. The SMILES string of the molecule is CC1COCCN1C(=O)c1ccc(F)nc1. The Morgan fingerprint density at radius 1 is 1.62 bits per heavy atom. The molecule has 16 heavy (non-hydrogen) atoms. The second-order valence-corrected chi connectivity index (χ2v) is 3.79. The molecule has 86 valence electrons. The molecule has 1 atom stereocenters. The third kappa shape index (κ3) is 2.19. The molecule has 0 N–H and O–H groups in total. The van der Waals surface area contributed by atoms with Crippen LogP contribution in [0.15, 0.2) is 18.3 Å². The van der Waals surface area contributed by atoms with Gasteiger partial charge in [0.15, 0.2) is 0 Å². The summed E-state index contributed by atoms with van der Waals surface area (Å²) in [5, 5.41) is 0. The number of pyridine rings is 1. The Hall–Kier alpha value is -1.49. The van der Waals surface area contributed by atoms with Crippen molar-refractivity contribution < 1.29 is 13.9 Å². The number of hydrogen-bond donors (Lipinski definition) is 0. The summed E-state index contributed by atoms with van der Waals surface area (Å²) >= 11 is 0. The van der Waals surface area contributed by atoms with Crippen molar-refractivity contribution in [3.05, 3.63) is 29.8 Å². The van der Waals surface area contributed by atoms with Gasteiger partial charge >= 0.3 is 0 Å². The molecule has 1 aliphatic rings. The molecular formula is C11H13FN2O2. The highest BCUT2D eigenvalue weighted by Gasteiger charge is 2.24. The predicted octanol–water partition coefficient (Wildman–Crippen LogP) is 1.08. The van der Waals surface area contributed by atoms with E-state index in [0.29, 0.717) is 25.3 Å². The fraction of sp³-hybridized carbons (Fsp3) is 0.455. The Labute approximate surface area is 93.0 Å². The van der Waals surface area contributed by atoms with E-state index in [9.17, 15) is 9.18 Å². The van der Waals surface area contributed by atoms with E-state index in [1.807, 2.05) is 6.92 Å². The van der Waals surface area contributed by atoms with Gasteiger partial charge in [0.05, 0.1) is 24.8 Å². The van der Waals surface area contributed by atoms with Crippen LogP contribution in [0.1, 0.15) is 17.3 Å². The van der Waals surface area contributed by atoms with Crippen molar-refractivity contribution in [2.75, 3.05) is 19.8 Å². The quantitative estimate of drug-likeness (QED) is 0.670. The maximum Gasteiger partial charge on any atom is 0.255 e. The van der Waals surface area contributed by atoms with Crippen LogP contribution in [0.4, 0.5) is 4.39 Å². The van der Waals surface area contributed by atoms with Gasteiger partial charge < -0.3 is 9.64 Å². The molecule has 1 aromatic rings.